The third-order valence-electron chi connectivity index (χ3n) is 12.9. The van der Waals surface area contributed by atoms with Crippen LogP contribution in [0.3, 0.4) is 0 Å². The molecule has 3 heteroatoms. The smallest absolute Gasteiger partial charge is 0.143 e. The fourth-order valence-electron chi connectivity index (χ4n) is 10.0. The van der Waals surface area contributed by atoms with Crippen molar-refractivity contribution in [2.45, 2.75) is 0 Å². The Morgan fingerprint density at radius 2 is 0.857 bits per heavy atom. The zero-order valence-corrected chi connectivity index (χ0v) is 34.2. The number of hydrogen-bond acceptors (Lipinski definition) is 2. The molecule has 0 radical (unpaired) electrons. The van der Waals surface area contributed by atoms with Crippen molar-refractivity contribution >= 4 is 93.1 Å². The number of benzene rings is 11. The maximum Gasteiger partial charge on any atom is 0.143 e. The second-order valence-corrected chi connectivity index (χ2v) is 16.5. The summed E-state index contributed by atoms with van der Waals surface area (Å²) in [4.78, 5) is 2.39. The molecule has 0 amide bonds. The van der Waals surface area contributed by atoms with E-state index in [0.29, 0.717) is 0 Å². The van der Waals surface area contributed by atoms with Gasteiger partial charge in [-0.05, 0) is 116 Å². The normalized spacial score (nSPS) is 11.8. The number of anilines is 3. The summed E-state index contributed by atoms with van der Waals surface area (Å²) >= 11 is 0. The lowest BCUT2D eigenvalue weighted by Crippen LogP contribution is -2.10. The molecule has 0 saturated carbocycles. The van der Waals surface area contributed by atoms with Crippen molar-refractivity contribution in [2.75, 3.05) is 4.90 Å². The molecule has 11 aromatic carbocycles. The van der Waals surface area contributed by atoms with Crippen LogP contribution in [-0.4, -0.2) is 4.57 Å². The lowest BCUT2D eigenvalue weighted by molar-refractivity contribution is 0.674. The van der Waals surface area contributed by atoms with Crippen molar-refractivity contribution in [1.82, 2.24) is 4.57 Å². The van der Waals surface area contributed by atoms with Crippen LogP contribution >= 0.6 is 0 Å². The summed E-state index contributed by atoms with van der Waals surface area (Å²) in [6, 6.07) is 83.5. The first-order valence-electron chi connectivity index (χ1n) is 21.6. The Labute approximate surface area is 363 Å². The van der Waals surface area contributed by atoms with Crippen LogP contribution in [-0.2, 0) is 0 Å². The maximum atomic E-state index is 6.93. The van der Waals surface area contributed by atoms with Crippen molar-refractivity contribution in [3.8, 4) is 27.9 Å². The molecule has 0 aliphatic rings. The molecule has 0 spiro atoms. The molecule has 13 rings (SSSR count). The minimum absolute atomic E-state index is 0.886. The zero-order chi connectivity index (χ0) is 41.4. The maximum absolute atomic E-state index is 6.93. The quantitative estimate of drug-likeness (QED) is 0.156. The van der Waals surface area contributed by atoms with Gasteiger partial charge in [0.25, 0.3) is 0 Å². The van der Waals surface area contributed by atoms with Crippen molar-refractivity contribution in [3.05, 3.63) is 231 Å². The van der Waals surface area contributed by atoms with Gasteiger partial charge in [0, 0.05) is 55.2 Å². The molecule has 0 aliphatic heterocycles. The van der Waals surface area contributed by atoms with E-state index in [4.69, 9.17) is 4.42 Å². The van der Waals surface area contributed by atoms with Crippen LogP contribution < -0.4 is 4.90 Å². The van der Waals surface area contributed by atoms with Gasteiger partial charge in [0.1, 0.15) is 11.2 Å². The highest BCUT2D eigenvalue weighted by Gasteiger charge is 2.22. The van der Waals surface area contributed by atoms with Crippen LogP contribution in [0.25, 0.3) is 104 Å². The highest BCUT2D eigenvalue weighted by atomic mass is 16.3. The predicted octanol–water partition coefficient (Wildman–Crippen LogP) is 16.9. The topological polar surface area (TPSA) is 21.3 Å². The van der Waals surface area contributed by atoms with Crippen molar-refractivity contribution in [2.24, 2.45) is 0 Å². The first-order chi connectivity index (χ1) is 31.2. The summed E-state index contributed by atoms with van der Waals surface area (Å²) in [5.41, 5.74) is 13.0. The summed E-state index contributed by atoms with van der Waals surface area (Å²) in [6.45, 7) is 0. The van der Waals surface area contributed by atoms with Gasteiger partial charge in [-0.3, -0.25) is 0 Å². The summed E-state index contributed by atoms with van der Waals surface area (Å²) in [6.07, 6.45) is 0. The minimum Gasteiger partial charge on any atom is -0.455 e. The predicted molar refractivity (Wildman–Crippen MR) is 266 cm³/mol. The van der Waals surface area contributed by atoms with Gasteiger partial charge in [0.05, 0.1) is 11.0 Å². The number of hydrogen-bond donors (Lipinski definition) is 0. The molecule has 0 aliphatic carbocycles. The fraction of sp³-hybridized carbons (Fsp3) is 0. The van der Waals surface area contributed by atoms with E-state index < -0.39 is 0 Å². The van der Waals surface area contributed by atoms with E-state index in [1.807, 2.05) is 0 Å². The number of aromatic nitrogens is 1. The fourth-order valence-corrected chi connectivity index (χ4v) is 10.0. The van der Waals surface area contributed by atoms with E-state index in [9.17, 15) is 0 Å². The van der Waals surface area contributed by atoms with Gasteiger partial charge in [0.2, 0.25) is 0 Å². The Morgan fingerprint density at radius 1 is 0.302 bits per heavy atom. The van der Waals surface area contributed by atoms with Gasteiger partial charge >= 0.3 is 0 Å². The molecule has 0 unspecified atom stereocenters. The number of fused-ring (bicyclic) bond motifs is 11. The molecule has 2 heterocycles. The lowest BCUT2D eigenvalue weighted by atomic mass is 9.93. The summed E-state index contributed by atoms with van der Waals surface area (Å²) in [5, 5.41) is 12.0. The van der Waals surface area contributed by atoms with Crippen LogP contribution in [0.15, 0.2) is 235 Å². The average molecular weight is 803 g/mol. The summed E-state index contributed by atoms with van der Waals surface area (Å²) < 4.78 is 9.31. The molecule has 3 nitrogen and oxygen atoms in total. The standard InChI is InChI=1S/C60H38N2O/c1-2-14-39(15-3-1)55-37-46(38-56-53-35-28-40-16-4-7-19-48(40)59(53)63-60(55)56)61(44-31-33-45(34-32-44)62-57-24-12-10-22-51(57)52-23-11-13-25-58(52)62)43-29-26-41(27-30-43)54-36-42-17-5-6-18-47(42)49-20-8-9-21-50(49)54/h1-38H. The van der Waals surface area contributed by atoms with E-state index in [1.54, 1.807) is 0 Å². The first kappa shape index (κ1) is 35.4. The summed E-state index contributed by atoms with van der Waals surface area (Å²) in [5.74, 6) is 0. The van der Waals surface area contributed by atoms with Gasteiger partial charge in [-0.25, -0.2) is 0 Å². The van der Waals surface area contributed by atoms with Gasteiger partial charge in [-0.15, -0.1) is 0 Å². The van der Waals surface area contributed by atoms with Crippen LogP contribution in [0.2, 0.25) is 0 Å². The first-order valence-corrected chi connectivity index (χ1v) is 21.6. The van der Waals surface area contributed by atoms with Gasteiger partial charge < -0.3 is 13.9 Å². The van der Waals surface area contributed by atoms with E-state index in [2.05, 4.69) is 240 Å². The minimum atomic E-state index is 0.886. The van der Waals surface area contributed by atoms with E-state index in [1.165, 1.54) is 54.5 Å². The Kier molecular flexibility index (Phi) is 7.91. The average Bonchev–Trinajstić information content (AvgIpc) is 3.91. The Hall–Kier alpha value is -8.40. The number of furan rings is 1. The van der Waals surface area contributed by atoms with Crippen LogP contribution in [0.4, 0.5) is 17.1 Å². The molecule has 0 fully saturated rings. The highest BCUT2D eigenvalue weighted by molar-refractivity contribution is 6.19. The zero-order valence-electron chi connectivity index (χ0n) is 34.2. The molecule has 294 valence electrons. The third kappa shape index (κ3) is 5.60. The highest BCUT2D eigenvalue weighted by Crippen LogP contribution is 2.46. The second-order valence-electron chi connectivity index (χ2n) is 16.5. The molecular weight excluding hydrogens is 765 g/mol. The largest absolute Gasteiger partial charge is 0.455 e. The molecule has 0 saturated heterocycles. The third-order valence-corrected chi connectivity index (χ3v) is 12.9. The molecular formula is C60H38N2O. The van der Waals surface area contributed by atoms with Gasteiger partial charge in [0.15, 0.2) is 0 Å². The van der Waals surface area contributed by atoms with E-state index >= 15 is 0 Å². The number of rotatable bonds is 6. The van der Waals surface area contributed by atoms with Crippen LogP contribution in [0.1, 0.15) is 0 Å². The Morgan fingerprint density at radius 3 is 1.57 bits per heavy atom. The van der Waals surface area contributed by atoms with Crippen molar-refractivity contribution in [1.29, 1.82) is 0 Å². The molecule has 13 aromatic rings. The lowest BCUT2D eigenvalue weighted by Gasteiger charge is -2.27. The molecule has 2 aromatic heterocycles. The molecule has 0 bridgehead atoms. The summed E-state index contributed by atoms with van der Waals surface area (Å²) in [7, 11) is 0. The van der Waals surface area contributed by atoms with Gasteiger partial charge in [-0.2, -0.15) is 0 Å². The second kappa shape index (κ2) is 14.1. The van der Waals surface area contributed by atoms with Crippen LogP contribution in [0.5, 0.6) is 0 Å². The molecule has 0 N–H and O–H groups in total. The molecule has 0 atom stereocenters. The number of nitrogens with zero attached hydrogens (tertiary/aromatic N) is 2. The van der Waals surface area contributed by atoms with Crippen LogP contribution in [0, 0.1) is 0 Å². The Balaban J connectivity index is 1.03. The van der Waals surface area contributed by atoms with Crippen molar-refractivity contribution < 1.29 is 4.42 Å². The molecule has 63 heavy (non-hydrogen) atoms. The van der Waals surface area contributed by atoms with E-state index in [0.717, 1.165) is 66.6 Å². The SMILES string of the molecule is c1ccc(-c2cc(N(c3ccc(-c4cc5ccccc5c5ccccc45)cc3)c3ccc(-n4c5ccccc5c5ccccc54)cc3)cc3c2oc2c4ccccc4ccc32)cc1. The van der Waals surface area contributed by atoms with E-state index in [-0.39, 0.29) is 0 Å². The Bertz CT molecular complexity index is 3840. The monoisotopic (exact) mass is 802 g/mol. The number of para-hydroxylation sites is 2. The van der Waals surface area contributed by atoms with Crippen molar-refractivity contribution in [3.63, 3.8) is 0 Å². The van der Waals surface area contributed by atoms with Gasteiger partial charge in [-0.1, -0.05) is 158 Å².